The maximum atomic E-state index is 12.1. The third-order valence-electron chi connectivity index (χ3n) is 3.62. The third-order valence-corrected chi connectivity index (χ3v) is 3.90. The minimum absolute atomic E-state index is 0.0703. The quantitative estimate of drug-likeness (QED) is 0.419. The summed E-state index contributed by atoms with van der Waals surface area (Å²) in [6.07, 6.45) is 3.12. The van der Waals surface area contributed by atoms with Crippen LogP contribution in [0.3, 0.4) is 0 Å². The fourth-order valence-corrected chi connectivity index (χ4v) is 2.53. The number of aromatic amines is 1. The van der Waals surface area contributed by atoms with E-state index >= 15 is 0 Å². The lowest BCUT2D eigenvalue weighted by atomic mass is 10.2. The molecule has 0 atom stereocenters. The van der Waals surface area contributed by atoms with Gasteiger partial charge in [-0.25, -0.2) is 5.43 Å². The number of hydrazone groups is 1. The molecule has 0 aliphatic carbocycles. The first kappa shape index (κ1) is 18.6. The van der Waals surface area contributed by atoms with Crippen molar-refractivity contribution in [1.82, 2.24) is 15.0 Å². The van der Waals surface area contributed by atoms with E-state index in [1.165, 1.54) is 4.57 Å². The fraction of sp³-hybridized carbons (Fsp3) is 0.294. The molecule has 0 aliphatic heterocycles. The molecule has 1 aromatic heterocycles. The van der Waals surface area contributed by atoms with Crippen molar-refractivity contribution >= 4 is 24.3 Å². The van der Waals surface area contributed by atoms with Crippen molar-refractivity contribution in [3.8, 4) is 11.6 Å². The SMILES string of the molecule is CCCCC(=O)N/N=C/c1c(O)n(-c2ccccc2C)c(=S)[nH]c1=O. The van der Waals surface area contributed by atoms with E-state index in [2.05, 4.69) is 15.5 Å². The summed E-state index contributed by atoms with van der Waals surface area (Å²) in [7, 11) is 0. The topological polar surface area (TPSA) is 99.5 Å². The van der Waals surface area contributed by atoms with Crippen molar-refractivity contribution in [2.24, 2.45) is 5.10 Å². The van der Waals surface area contributed by atoms with Crippen LogP contribution < -0.4 is 11.0 Å². The first-order chi connectivity index (χ1) is 12.0. The van der Waals surface area contributed by atoms with Crippen molar-refractivity contribution in [2.45, 2.75) is 33.1 Å². The van der Waals surface area contributed by atoms with Crippen molar-refractivity contribution in [3.05, 3.63) is 50.5 Å². The lowest BCUT2D eigenvalue weighted by molar-refractivity contribution is -0.121. The van der Waals surface area contributed by atoms with E-state index in [9.17, 15) is 14.7 Å². The number of amides is 1. The van der Waals surface area contributed by atoms with Gasteiger partial charge in [0.15, 0.2) is 4.77 Å². The molecular formula is C17H20N4O3S. The zero-order valence-corrected chi connectivity index (χ0v) is 14.9. The predicted octanol–water partition coefficient (Wildman–Crippen LogP) is 2.55. The number of rotatable bonds is 6. The highest BCUT2D eigenvalue weighted by molar-refractivity contribution is 7.71. The minimum Gasteiger partial charge on any atom is -0.494 e. The molecule has 1 amide bonds. The van der Waals surface area contributed by atoms with Gasteiger partial charge in [0.25, 0.3) is 5.56 Å². The lowest BCUT2D eigenvalue weighted by Gasteiger charge is -2.13. The van der Waals surface area contributed by atoms with Crippen LogP contribution in [-0.4, -0.2) is 26.8 Å². The Morgan fingerprint density at radius 2 is 2.16 bits per heavy atom. The molecule has 0 saturated carbocycles. The number of H-pyrrole nitrogens is 1. The summed E-state index contributed by atoms with van der Waals surface area (Å²) >= 11 is 5.16. The number of benzene rings is 1. The highest BCUT2D eigenvalue weighted by atomic mass is 32.1. The number of aromatic nitrogens is 2. The second kappa shape index (κ2) is 8.39. The van der Waals surface area contributed by atoms with E-state index in [4.69, 9.17) is 12.2 Å². The molecule has 3 N–H and O–H groups in total. The van der Waals surface area contributed by atoms with Gasteiger partial charge in [0, 0.05) is 6.42 Å². The Hall–Kier alpha value is -2.74. The Morgan fingerprint density at radius 1 is 1.44 bits per heavy atom. The summed E-state index contributed by atoms with van der Waals surface area (Å²) in [5.74, 6) is -0.588. The van der Waals surface area contributed by atoms with Crippen LogP contribution in [0.25, 0.3) is 5.69 Å². The fourth-order valence-electron chi connectivity index (χ4n) is 2.25. The smallest absolute Gasteiger partial charge is 0.264 e. The van der Waals surface area contributed by atoms with Crippen LogP contribution in [0.2, 0.25) is 0 Å². The van der Waals surface area contributed by atoms with E-state index in [0.29, 0.717) is 12.1 Å². The summed E-state index contributed by atoms with van der Waals surface area (Å²) in [5, 5.41) is 14.3. The maximum Gasteiger partial charge on any atom is 0.264 e. The molecule has 1 heterocycles. The molecule has 25 heavy (non-hydrogen) atoms. The molecule has 0 saturated heterocycles. The van der Waals surface area contributed by atoms with Gasteiger partial charge in [0.2, 0.25) is 11.8 Å². The number of aromatic hydroxyl groups is 1. The third kappa shape index (κ3) is 4.42. The Bertz CT molecular complexity index is 915. The highest BCUT2D eigenvalue weighted by Gasteiger charge is 2.13. The molecule has 0 bridgehead atoms. The van der Waals surface area contributed by atoms with Gasteiger partial charge in [0.1, 0.15) is 5.56 Å². The van der Waals surface area contributed by atoms with Gasteiger partial charge in [-0.3, -0.25) is 19.1 Å². The molecule has 2 rings (SSSR count). The molecular weight excluding hydrogens is 340 g/mol. The number of hydrogen-bond acceptors (Lipinski definition) is 5. The van der Waals surface area contributed by atoms with Crippen molar-refractivity contribution in [2.75, 3.05) is 0 Å². The molecule has 1 aromatic carbocycles. The van der Waals surface area contributed by atoms with Crippen LogP contribution in [0.1, 0.15) is 37.3 Å². The zero-order chi connectivity index (χ0) is 18.4. The Morgan fingerprint density at radius 3 is 2.84 bits per heavy atom. The molecule has 0 radical (unpaired) electrons. The van der Waals surface area contributed by atoms with Gasteiger partial charge in [-0.1, -0.05) is 31.5 Å². The van der Waals surface area contributed by atoms with E-state index in [0.717, 1.165) is 24.6 Å². The second-order valence-electron chi connectivity index (χ2n) is 5.52. The summed E-state index contributed by atoms with van der Waals surface area (Å²) in [5.41, 5.74) is 3.18. The molecule has 0 unspecified atom stereocenters. The van der Waals surface area contributed by atoms with Gasteiger partial charge in [-0.2, -0.15) is 5.10 Å². The van der Waals surface area contributed by atoms with Crippen LogP contribution in [0.15, 0.2) is 34.2 Å². The Kier molecular flexibility index (Phi) is 6.24. The highest BCUT2D eigenvalue weighted by Crippen LogP contribution is 2.21. The average Bonchev–Trinajstić information content (AvgIpc) is 2.57. The monoisotopic (exact) mass is 360 g/mol. The molecule has 8 heteroatoms. The molecule has 132 valence electrons. The van der Waals surface area contributed by atoms with Gasteiger partial charge < -0.3 is 5.11 Å². The zero-order valence-electron chi connectivity index (χ0n) is 14.1. The first-order valence-electron chi connectivity index (χ1n) is 7.92. The van der Waals surface area contributed by atoms with Crippen LogP contribution in [0.4, 0.5) is 0 Å². The molecule has 0 fully saturated rings. The molecule has 7 nitrogen and oxygen atoms in total. The van der Waals surface area contributed by atoms with Crippen LogP contribution in [0.5, 0.6) is 5.88 Å². The van der Waals surface area contributed by atoms with Crippen molar-refractivity contribution in [1.29, 1.82) is 0 Å². The first-order valence-corrected chi connectivity index (χ1v) is 8.32. The Labute approximate surface area is 150 Å². The van der Waals surface area contributed by atoms with Gasteiger partial charge in [-0.15, -0.1) is 0 Å². The summed E-state index contributed by atoms with van der Waals surface area (Å²) in [6, 6.07) is 7.30. The number of para-hydroxylation sites is 1. The van der Waals surface area contributed by atoms with Gasteiger partial charge in [0.05, 0.1) is 11.9 Å². The van der Waals surface area contributed by atoms with E-state index in [1.807, 2.05) is 26.0 Å². The molecule has 2 aromatic rings. The van der Waals surface area contributed by atoms with Crippen molar-refractivity contribution in [3.63, 3.8) is 0 Å². The number of nitrogens with one attached hydrogen (secondary N) is 2. The van der Waals surface area contributed by atoms with E-state index < -0.39 is 5.56 Å². The van der Waals surface area contributed by atoms with Gasteiger partial charge >= 0.3 is 0 Å². The standard InChI is InChI=1S/C17H20N4O3S/c1-3-4-9-14(22)20-18-10-12-15(23)19-17(25)21(16(12)24)13-8-6-5-7-11(13)2/h5-8,10,24H,3-4,9H2,1-2H3,(H,20,22)(H,19,23,25)/b18-10+. The number of carbonyl (C=O) groups is 1. The number of unbranched alkanes of at least 4 members (excludes halogenated alkanes) is 1. The van der Waals surface area contributed by atoms with E-state index in [1.54, 1.807) is 12.1 Å². The van der Waals surface area contributed by atoms with Crippen molar-refractivity contribution < 1.29 is 9.90 Å². The lowest BCUT2D eigenvalue weighted by Crippen LogP contribution is -2.21. The van der Waals surface area contributed by atoms with Crippen LogP contribution >= 0.6 is 12.2 Å². The minimum atomic E-state index is -0.584. The Balaban J connectivity index is 2.39. The molecule has 0 aliphatic rings. The summed E-state index contributed by atoms with van der Waals surface area (Å²) < 4.78 is 1.42. The average molecular weight is 360 g/mol. The largest absolute Gasteiger partial charge is 0.494 e. The van der Waals surface area contributed by atoms with Crippen LogP contribution in [-0.2, 0) is 4.79 Å². The number of nitrogens with zero attached hydrogens (tertiary/aromatic N) is 2. The van der Waals surface area contributed by atoms with Crippen LogP contribution in [0, 0.1) is 11.7 Å². The van der Waals surface area contributed by atoms with E-state index in [-0.39, 0.29) is 22.1 Å². The molecule has 0 spiro atoms. The second-order valence-corrected chi connectivity index (χ2v) is 5.90. The predicted molar refractivity (Wildman–Crippen MR) is 98.9 cm³/mol. The van der Waals surface area contributed by atoms with Gasteiger partial charge in [-0.05, 0) is 37.2 Å². The maximum absolute atomic E-state index is 12.1. The summed E-state index contributed by atoms with van der Waals surface area (Å²) in [6.45, 7) is 3.85. The summed E-state index contributed by atoms with van der Waals surface area (Å²) in [4.78, 5) is 26.1. The number of carbonyl (C=O) groups excluding carboxylic acids is 1. The number of aryl methyl sites for hydroxylation is 1. The normalized spacial score (nSPS) is 11.0. The number of hydrogen-bond donors (Lipinski definition) is 3.